The Balaban J connectivity index is 2.17. The highest BCUT2D eigenvalue weighted by Crippen LogP contribution is 2.22. The zero-order valence-corrected chi connectivity index (χ0v) is 12.3. The van der Waals surface area contributed by atoms with Gasteiger partial charge in [-0.25, -0.2) is 4.98 Å². The minimum absolute atomic E-state index is 0.493. The van der Waals surface area contributed by atoms with Crippen LogP contribution in [0.2, 0.25) is 0 Å². The Kier molecular flexibility index (Phi) is 4.61. The quantitative estimate of drug-likeness (QED) is 0.763. The summed E-state index contributed by atoms with van der Waals surface area (Å²) < 4.78 is 0. The number of aryl methyl sites for hydroxylation is 1. The SMILES string of the molecule is CCN(Cc1nc(CCl)cs1)c1ccccc1C. The third-order valence-corrected chi connectivity index (χ3v) is 4.06. The van der Waals surface area contributed by atoms with Crippen molar-refractivity contribution in [3.05, 3.63) is 45.9 Å². The van der Waals surface area contributed by atoms with Gasteiger partial charge in [0.1, 0.15) is 5.01 Å². The molecule has 0 N–H and O–H groups in total. The highest BCUT2D eigenvalue weighted by Gasteiger charge is 2.10. The van der Waals surface area contributed by atoms with Crippen molar-refractivity contribution in [1.82, 2.24) is 4.98 Å². The molecule has 0 aliphatic heterocycles. The lowest BCUT2D eigenvalue weighted by Crippen LogP contribution is -2.22. The van der Waals surface area contributed by atoms with Crippen molar-refractivity contribution in [2.24, 2.45) is 0 Å². The topological polar surface area (TPSA) is 16.1 Å². The number of hydrogen-bond donors (Lipinski definition) is 0. The van der Waals surface area contributed by atoms with E-state index in [0.29, 0.717) is 5.88 Å². The van der Waals surface area contributed by atoms with E-state index in [1.54, 1.807) is 11.3 Å². The monoisotopic (exact) mass is 280 g/mol. The Morgan fingerprint density at radius 1 is 1.33 bits per heavy atom. The molecule has 0 unspecified atom stereocenters. The molecule has 0 saturated heterocycles. The first-order valence-electron chi connectivity index (χ1n) is 6.04. The number of aromatic nitrogens is 1. The summed E-state index contributed by atoms with van der Waals surface area (Å²) >= 11 is 7.46. The van der Waals surface area contributed by atoms with Crippen LogP contribution in [0.5, 0.6) is 0 Å². The Bertz CT molecular complexity index is 510. The third-order valence-electron chi connectivity index (χ3n) is 2.90. The standard InChI is InChI=1S/C14H17ClN2S/c1-3-17(13-7-5-4-6-11(13)2)9-14-16-12(8-15)10-18-14/h4-7,10H,3,8-9H2,1-2H3. The minimum atomic E-state index is 0.493. The van der Waals surface area contributed by atoms with Gasteiger partial charge in [0.2, 0.25) is 0 Å². The molecule has 0 saturated carbocycles. The van der Waals surface area contributed by atoms with Crippen molar-refractivity contribution in [3.8, 4) is 0 Å². The van der Waals surface area contributed by atoms with Crippen LogP contribution in [-0.2, 0) is 12.4 Å². The van der Waals surface area contributed by atoms with Crippen LogP contribution in [-0.4, -0.2) is 11.5 Å². The molecular formula is C14H17ClN2S. The first-order valence-corrected chi connectivity index (χ1v) is 7.45. The number of thiazole rings is 1. The largest absolute Gasteiger partial charge is 0.365 e. The molecule has 2 rings (SSSR count). The summed E-state index contributed by atoms with van der Waals surface area (Å²) in [6.45, 7) is 6.14. The molecule has 0 amide bonds. The Morgan fingerprint density at radius 2 is 2.11 bits per heavy atom. The third kappa shape index (κ3) is 3.03. The van der Waals surface area contributed by atoms with E-state index in [2.05, 4.69) is 48.0 Å². The fraction of sp³-hybridized carbons (Fsp3) is 0.357. The fourth-order valence-electron chi connectivity index (χ4n) is 1.93. The number of anilines is 1. The average Bonchev–Trinajstić information content (AvgIpc) is 2.85. The Labute approximate surface area is 117 Å². The predicted octanol–water partition coefficient (Wildman–Crippen LogP) is 4.22. The summed E-state index contributed by atoms with van der Waals surface area (Å²) in [5.41, 5.74) is 3.55. The van der Waals surface area contributed by atoms with Gasteiger partial charge in [0.05, 0.1) is 18.1 Å². The number of hydrogen-bond acceptors (Lipinski definition) is 3. The van der Waals surface area contributed by atoms with E-state index in [0.717, 1.165) is 23.8 Å². The van der Waals surface area contributed by atoms with Crippen molar-refractivity contribution < 1.29 is 0 Å². The van der Waals surface area contributed by atoms with Gasteiger partial charge in [-0.05, 0) is 25.5 Å². The van der Waals surface area contributed by atoms with Crippen LogP contribution in [0, 0.1) is 6.92 Å². The highest BCUT2D eigenvalue weighted by atomic mass is 35.5. The number of para-hydroxylation sites is 1. The van der Waals surface area contributed by atoms with E-state index in [-0.39, 0.29) is 0 Å². The van der Waals surface area contributed by atoms with Gasteiger partial charge in [-0.3, -0.25) is 0 Å². The van der Waals surface area contributed by atoms with Gasteiger partial charge in [-0.2, -0.15) is 0 Å². The molecule has 1 heterocycles. The summed E-state index contributed by atoms with van der Waals surface area (Å²) in [5.74, 6) is 0.493. The van der Waals surface area contributed by atoms with E-state index in [1.165, 1.54) is 11.3 Å². The molecule has 0 aliphatic rings. The first-order chi connectivity index (χ1) is 8.74. The van der Waals surface area contributed by atoms with Crippen molar-refractivity contribution in [2.45, 2.75) is 26.3 Å². The van der Waals surface area contributed by atoms with Gasteiger partial charge in [0.25, 0.3) is 0 Å². The number of alkyl halides is 1. The number of rotatable bonds is 5. The molecule has 1 aromatic heterocycles. The maximum atomic E-state index is 5.78. The number of nitrogens with zero attached hydrogens (tertiary/aromatic N) is 2. The van der Waals surface area contributed by atoms with Crippen molar-refractivity contribution in [2.75, 3.05) is 11.4 Å². The first kappa shape index (κ1) is 13.4. The zero-order chi connectivity index (χ0) is 13.0. The van der Waals surface area contributed by atoms with Crippen LogP contribution in [0.15, 0.2) is 29.6 Å². The second kappa shape index (κ2) is 6.21. The maximum absolute atomic E-state index is 5.78. The average molecular weight is 281 g/mol. The van der Waals surface area contributed by atoms with E-state index in [9.17, 15) is 0 Å². The van der Waals surface area contributed by atoms with Crippen molar-refractivity contribution >= 4 is 28.6 Å². The molecule has 0 spiro atoms. The molecule has 96 valence electrons. The van der Waals surface area contributed by atoms with Gasteiger partial charge < -0.3 is 4.90 Å². The molecular weight excluding hydrogens is 264 g/mol. The van der Waals surface area contributed by atoms with Gasteiger partial charge in [0.15, 0.2) is 0 Å². The molecule has 2 nitrogen and oxygen atoms in total. The lowest BCUT2D eigenvalue weighted by Gasteiger charge is -2.23. The second-order valence-corrected chi connectivity index (χ2v) is 5.38. The number of benzene rings is 1. The molecule has 1 aromatic carbocycles. The molecule has 4 heteroatoms. The molecule has 0 bridgehead atoms. The van der Waals surface area contributed by atoms with Crippen LogP contribution < -0.4 is 4.90 Å². The van der Waals surface area contributed by atoms with Gasteiger partial charge in [0, 0.05) is 17.6 Å². The van der Waals surface area contributed by atoms with E-state index in [1.807, 2.05) is 5.38 Å². The van der Waals surface area contributed by atoms with Gasteiger partial charge >= 0.3 is 0 Å². The van der Waals surface area contributed by atoms with Crippen LogP contribution >= 0.6 is 22.9 Å². The molecule has 0 atom stereocenters. The molecule has 0 aliphatic carbocycles. The lowest BCUT2D eigenvalue weighted by atomic mass is 10.2. The molecule has 2 aromatic rings. The van der Waals surface area contributed by atoms with E-state index >= 15 is 0 Å². The van der Waals surface area contributed by atoms with Crippen molar-refractivity contribution in [3.63, 3.8) is 0 Å². The van der Waals surface area contributed by atoms with E-state index < -0.39 is 0 Å². The summed E-state index contributed by atoms with van der Waals surface area (Å²) in [5, 5.41) is 3.16. The van der Waals surface area contributed by atoms with Gasteiger partial charge in [-0.1, -0.05) is 18.2 Å². The highest BCUT2D eigenvalue weighted by molar-refractivity contribution is 7.09. The van der Waals surface area contributed by atoms with E-state index in [4.69, 9.17) is 11.6 Å². The normalized spacial score (nSPS) is 10.6. The van der Waals surface area contributed by atoms with Crippen LogP contribution in [0.4, 0.5) is 5.69 Å². The Morgan fingerprint density at radius 3 is 2.72 bits per heavy atom. The fourth-order valence-corrected chi connectivity index (χ4v) is 2.97. The summed E-state index contributed by atoms with van der Waals surface area (Å²) in [7, 11) is 0. The van der Waals surface area contributed by atoms with Crippen molar-refractivity contribution in [1.29, 1.82) is 0 Å². The smallest absolute Gasteiger partial charge is 0.112 e. The molecule has 0 fully saturated rings. The zero-order valence-electron chi connectivity index (χ0n) is 10.7. The number of halogens is 1. The minimum Gasteiger partial charge on any atom is -0.365 e. The predicted molar refractivity (Wildman–Crippen MR) is 79.6 cm³/mol. The second-order valence-electron chi connectivity index (χ2n) is 4.17. The summed E-state index contributed by atoms with van der Waals surface area (Å²) in [6, 6.07) is 8.46. The maximum Gasteiger partial charge on any atom is 0.112 e. The molecule has 18 heavy (non-hydrogen) atoms. The Hall–Kier alpha value is -1.06. The lowest BCUT2D eigenvalue weighted by molar-refractivity contribution is 0.819. The van der Waals surface area contributed by atoms with Crippen LogP contribution in [0.25, 0.3) is 0 Å². The van der Waals surface area contributed by atoms with Gasteiger partial charge in [-0.15, -0.1) is 22.9 Å². The molecule has 0 radical (unpaired) electrons. The van der Waals surface area contributed by atoms with Crippen LogP contribution in [0.3, 0.4) is 0 Å². The summed E-state index contributed by atoms with van der Waals surface area (Å²) in [4.78, 5) is 6.86. The van der Waals surface area contributed by atoms with Crippen LogP contribution in [0.1, 0.15) is 23.2 Å². The summed E-state index contributed by atoms with van der Waals surface area (Å²) in [6.07, 6.45) is 0.